The minimum Gasteiger partial charge on any atom is -0.434 e. The van der Waals surface area contributed by atoms with E-state index in [1.807, 2.05) is 18.2 Å². The van der Waals surface area contributed by atoms with Crippen molar-refractivity contribution in [1.82, 2.24) is 0 Å². The van der Waals surface area contributed by atoms with Gasteiger partial charge in [0.1, 0.15) is 5.75 Å². The smallest absolute Gasteiger partial charge is 0.434 e. The quantitative estimate of drug-likeness (QED) is 0.600. The van der Waals surface area contributed by atoms with E-state index in [1.165, 1.54) is 0 Å². The van der Waals surface area contributed by atoms with E-state index in [1.54, 1.807) is 37.3 Å². The van der Waals surface area contributed by atoms with Crippen molar-refractivity contribution in [1.29, 1.82) is 0 Å². The molecule has 0 heterocycles. The van der Waals surface area contributed by atoms with Crippen LogP contribution < -0.4 is 15.4 Å². The molecule has 0 spiro atoms. The predicted molar refractivity (Wildman–Crippen MR) is 90.9 cm³/mol. The molecule has 0 fully saturated rings. The molecule has 0 bridgehead atoms. The van der Waals surface area contributed by atoms with E-state index in [4.69, 9.17) is 4.74 Å². The summed E-state index contributed by atoms with van der Waals surface area (Å²) in [6, 6.07) is 13.3. The summed E-state index contributed by atoms with van der Waals surface area (Å²) >= 11 is 3.35. The van der Waals surface area contributed by atoms with Gasteiger partial charge < -0.3 is 20.1 Å². The molecule has 0 aliphatic carbocycles. The van der Waals surface area contributed by atoms with Crippen molar-refractivity contribution in [2.75, 3.05) is 17.2 Å². The van der Waals surface area contributed by atoms with Gasteiger partial charge in [-0.05, 0) is 59.3 Å². The second kappa shape index (κ2) is 8.19. The minimum absolute atomic E-state index is 0.244. The highest BCUT2D eigenvalue weighted by Crippen LogP contribution is 2.22. The first-order valence-electron chi connectivity index (χ1n) is 6.85. The van der Waals surface area contributed by atoms with Gasteiger partial charge in [0.15, 0.2) is 0 Å². The van der Waals surface area contributed by atoms with Gasteiger partial charge in [-0.15, -0.1) is 0 Å². The minimum atomic E-state index is -0.764. The summed E-state index contributed by atoms with van der Waals surface area (Å²) in [5.41, 5.74) is 1.22. The van der Waals surface area contributed by atoms with E-state index in [-0.39, 0.29) is 12.6 Å². The Labute approximate surface area is 141 Å². The lowest BCUT2D eigenvalue weighted by molar-refractivity contribution is 0.104. The first-order chi connectivity index (χ1) is 11.1. The van der Waals surface area contributed by atoms with Crippen LogP contribution in [0.15, 0.2) is 53.0 Å². The molecule has 0 saturated carbocycles. The summed E-state index contributed by atoms with van der Waals surface area (Å²) < 4.78 is 10.4. The van der Waals surface area contributed by atoms with Crippen LogP contribution in [0.2, 0.25) is 0 Å². The second-order valence-electron chi connectivity index (χ2n) is 4.37. The molecule has 0 unspecified atom stereocenters. The van der Waals surface area contributed by atoms with Crippen LogP contribution in [-0.2, 0) is 4.74 Å². The molecule has 120 valence electrons. The van der Waals surface area contributed by atoms with Gasteiger partial charge in [-0.2, -0.15) is 0 Å². The van der Waals surface area contributed by atoms with Crippen LogP contribution in [0.3, 0.4) is 0 Å². The summed E-state index contributed by atoms with van der Waals surface area (Å²) in [6.45, 7) is 1.94. The van der Waals surface area contributed by atoms with Crippen LogP contribution in [0, 0.1) is 0 Å². The largest absolute Gasteiger partial charge is 0.513 e. The lowest BCUT2D eigenvalue weighted by Crippen LogP contribution is -2.19. The first-order valence-corrected chi connectivity index (χ1v) is 7.65. The predicted octanol–water partition coefficient (Wildman–Crippen LogP) is 4.63. The molecule has 0 aromatic heterocycles. The number of carbonyl (C=O) groups is 2. The molecule has 2 amide bonds. The number of carbonyl (C=O) groups excluding carboxylic acids is 2. The van der Waals surface area contributed by atoms with Crippen LogP contribution in [-0.4, -0.2) is 18.8 Å². The van der Waals surface area contributed by atoms with E-state index in [9.17, 15) is 9.59 Å². The number of hydrogen-bond donors (Lipinski definition) is 2. The molecule has 0 saturated heterocycles. The number of benzene rings is 2. The lowest BCUT2D eigenvalue weighted by atomic mass is 10.3. The second-order valence-corrected chi connectivity index (χ2v) is 5.22. The average Bonchev–Trinajstić information content (AvgIpc) is 2.52. The number of hydrogen-bond acceptors (Lipinski definition) is 4. The molecule has 2 rings (SSSR count). The van der Waals surface area contributed by atoms with Crippen molar-refractivity contribution in [3.05, 3.63) is 53.0 Å². The maximum atomic E-state index is 11.9. The van der Waals surface area contributed by atoms with Gasteiger partial charge >= 0.3 is 12.2 Å². The molecule has 6 nitrogen and oxygen atoms in total. The average molecular weight is 379 g/mol. The van der Waals surface area contributed by atoms with Crippen LogP contribution in [0.5, 0.6) is 5.75 Å². The van der Waals surface area contributed by atoms with Gasteiger partial charge in [0, 0.05) is 10.2 Å². The zero-order valence-corrected chi connectivity index (χ0v) is 13.9. The number of anilines is 2. The number of amides is 2. The summed E-state index contributed by atoms with van der Waals surface area (Å²) in [6.07, 6.45) is -0.764. The molecular weight excluding hydrogens is 364 g/mol. The van der Waals surface area contributed by atoms with Gasteiger partial charge in [0.25, 0.3) is 0 Å². The standard InChI is InChI=1S/C16H15BrN2O4/c1-2-22-16(21)23-12-9-7-11(8-10-12)18-15(20)19-14-6-4-3-5-13(14)17/h3-10H,2H2,1H3,(H2,18,19,20). The highest BCUT2D eigenvalue weighted by atomic mass is 79.9. The van der Waals surface area contributed by atoms with Gasteiger partial charge in [-0.1, -0.05) is 12.1 Å². The van der Waals surface area contributed by atoms with Crippen LogP contribution >= 0.6 is 15.9 Å². The summed E-state index contributed by atoms with van der Waals surface area (Å²) in [7, 11) is 0. The third-order valence-electron chi connectivity index (χ3n) is 2.70. The van der Waals surface area contributed by atoms with Gasteiger partial charge in [-0.3, -0.25) is 0 Å². The Kier molecular flexibility index (Phi) is 5.99. The molecule has 2 aromatic carbocycles. The SMILES string of the molecule is CCOC(=O)Oc1ccc(NC(=O)Nc2ccccc2Br)cc1. The summed E-state index contributed by atoms with van der Waals surface area (Å²) in [5, 5.41) is 5.40. The molecule has 23 heavy (non-hydrogen) atoms. The molecule has 0 aliphatic rings. The van der Waals surface area contributed by atoms with Gasteiger partial charge in [-0.25, -0.2) is 9.59 Å². The molecule has 7 heteroatoms. The van der Waals surface area contributed by atoms with E-state index in [0.29, 0.717) is 17.1 Å². The number of ether oxygens (including phenoxy) is 2. The molecule has 2 aromatic rings. The van der Waals surface area contributed by atoms with Crippen molar-refractivity contribution in [2.24, 2.45) is 0 Å². The van der Waals surface area contributed by atoms with Crippen LogP contribution in [0.4, 0.5) is 21.0 Å². The van der Waals surface area contributed by atoms with E-state index < -0.39 is 6.16 Å². The zero-order valence-electron chi connectivity index (χ0n) is 12.3. The maximum absolute atomic E-state index is 11.9. The normalized spacial score (nSPS) is 9.83. The Balaban J connectivity index is 1.91. The third-order valence-corrected chi connectivity index (χ3v) is 3.39. The maximum Gasteiger partial charge on any atom is 0.513 e. The highest BCUT2D eigenvalue weighted by molar-refractivity contribution is 9.10. The number of halogens is 1. The Hall–Kier alpha value is -2.54. The van der Waals surface area contributed by atoms with Crippen LogP contribution in [0.1, 0.15) is 6.92 Å². The Bertz CT molecular complexity index is 689. The molecule has 0 aliphatic heterocycles. The van der Waals surface area contributed by atoms with Crippen molar-refractivity contribution in [3.63, 3.8) is 0 Å². The lowest BCUT2D eigenvalue weighted by Gasteiger charge is -2.09. The highest BCUT2D eigenvalue weighted by Gasteiger charge is 2.07. The fraction of sp³-hybridized carbons (Fsp3) is 0.125. The van der Waals surface area contributed by atoms with E-state index in [2.05, 4.69) is 31.3 Å². The topological polar surface area (TPSA) is 76.7 Å². The molecule has 0 atom stereocenters. The van der Waals surface area contributed by atoms with Crippen molar-refractivity contribution < 1.29 is 19.1 Å². The molecule has 0 radical (unpaired) electrons. The summed E-state index contributed by atoms with van der Waals surface area (Å²) in [5.74, 6) is 0.334. The molecular formula is C16H15BrN2O4. The monoisotopic (exact) mass is 378 g/mol. The third kappa shape index (κ3) is 5.30. The van der Waals surface area contributed by atoms with Crippen LogP contribution in [0.25, 0.3) is 0 Å². The number of nitrogens with one attached hydrogen (secondary N) is 2. The van der Waals surface area contributed by atoms with Crippen molar-refractivity contribution >= 4 is 39.5 Å². The van der Waals surface area contributed by atoms with Gasteiger partial charge in [0.05, 0.1) is 12.3 Å². The number of rotatable bonds is 4. The Morgan fingerprint density at radius 1 is 1.04 bits per heavy atom. The Morgan fingerprint density at radius 2 is 1.74 bits per heavy atom. The van der Waals surface area contributed by atoms with Crippen molar-refractivity contribution in [2.45, 2.75) is 6.92 Å². The Morgan fingerprint density at radius 3 is 2.39 bits per heavy atom. The fourth-order valence-electron chi connectivity index (χ4n) is 1.70. The number of urea groups is 1. The zero-order chi connectivity index (χ0) is 16.7. The van der Waals surface area contributed by atoms with Crippen molar-refractivity contribution in [3.8, 4) is 5.75 Å². The van der Waals surface area contributed by atoms with E-state index >= 15 is 0 Å². The first kappa shape index (κ1) is 16.8. The van der Waals surface area contributed by atoms with E-state index in [0.717, 1.165) is 4.47 Å². The number of para-hydroxylation sites is 1. The molecule has 2 N–H and O–H groups in total. The fourth-order valence-corrected chi connectivity index (χ4v) is 2.08. The summed E-state index contributed by atoms with van der Waals surface area (Å²) in [4.78, 5) is 23.1. The van der Waals surface area contributed by atoms with Gasteiger partial charge in [0.2, 0.25) is 0 Å².